The highest BCUT2D eigenvalue weighted by Gasteiger charge is 2.34. The zero-order chi connectivity index (χ0) is 14.7. The summed E-state index contributed by atoms with van der Waals surface area (Å²) < 4.78 is 0. The predicted octanol–water partition coefficient (Wildman–Crippen LogP) is 1.74. The molecule has 4 nitrogen and oxygen atoms in total. The number of nitrogens with one attached hydrogen (secondary N) is 1. The Hall–Kier alpha value is -0.610. The van der Waals surface area contributed by atoms with Crippen molar-refractivity contribution in [3.63, 3.8) is 0 Å². The number of rotatable bonds is 5. The molecule has 1 rings (SSSR count). The van der Waals surface area contributed by atoms with Crippen molar-refractivity contribution in [2.24, 2.45) is 11.1 Å². The lowest BCUT2D eigenvalue weighted by molar-refractivity contribution is -0.124. The average molecular weight is 269 g/mol. The molecule has 112 valence electrons. The third kappa shape index (κ3) is 5.11. The van der Waals surface area contributed by atoms with E-state index in [1.807, 2.05) is 20.8 Å². The van der Waals surface area contributed by atoms with Gasteiger partial charge in [0.25, 0.3) is 0 Å². The van der Waals surface area contributed by atoms with Gasteiger partial charge in [-0.25, -0.2) is 0 Å². The number of hydrogen-bond donors (Lipinski definition) is 2. The Morgan fingerprint density at radius 3 is 2.53 bits per heavy atom. The first kappa shape index (κ1) is 16.4. The van der Waals surface area contributed by atoms with Gasteiger partial charge in [0, 0.05) is 12.6 Å². The van der Waals surface area contributed by atoms with Gasteiger partial charge in [-0.05, 0) is 58.5 Å². The molecule has 1 fully saturated rings. The molecule has 19 heavy (non-hydrogen) atoms. The van der Waals surface area contributed by atoms with E-state index in [0.717, 1.165) is 13.1 Å². The smallest absolute Gasteiger partial charge is 0.238 e. The van der Waals surface area contributed by atoms with Crippen molar-refractivity contribution in [1.82, 2.24) is 10.2 Å². The minimum absolute atomic E-state index is 0.251. The fraction of sp³-hybridized carbons (Fsp3) is 0.933. The normalized spacial score (nSPS) is 23.9. The Morgan fingerprint density at radius 2 is 2.00 bits per heavy atom. The number of carbonyl (C=O) groups is 1. The molecule has 1 saturated heterocycles. The van der Waals surface area contributed by atoms with Crippen LogP contribution in [-0.4, -0.2) is 42.0 Å². The molecule has 0 saturated carbocycles. The molecular weight excluding hydrogens is 238 g/mol. The molecule has 0 aromatic carbocycles. The van der Waals surface area contributed by atoms with Crippen LogP contribution in [0, 0.1) is 5.41 Å². The van der Waals surface area contributed by atoms with Crippen molar-refractivity contribution in [3.8, 4) is 0 Å². The van der Waals surface area contributed by atoms with Crippen LogP contribution in [0.15, 0.2) is 0 Å². The Bertz CT molecular complexity index is 315. The van der Waals surface area contributed by atoms with Gasteiger partial charge in [-0.2, -0.15) is 0 Å². The zero-order valence-electron chi connectivity index (χ0n) is 13.3. The van der Waals surface area contributed by atoms with Gasteiger partial charge in [0.1, 0.15) is 5.54 Å². The van der Waals surface area contributed by atoms with Crippen LogP contribution >= 0.6 is 0 Å². The van der Waals surface area contributed by atoms with Crippen LogP contribution in [0.2, 0.25) is 0 Å². The van der Waals surface area contributed by atoms with Gasteiger partial charge >= 0.3 is 0 Å². The molecule has 1 heterocycles. The number of primary amides is 1. The summed E-state index contributed by atoms with van der Waals surface area (Å²) in [5, 5.41) is 3.33. The molecule has 0 aliphatic carbocycles. The highest BCUT2D eigenvalue weighted by molar-refractivity contribution is 5.84. The maximum Gasteiger partial charge on any atom is 0.238 e. The van der Waals surface area contributed by atoms with Crippen molar-refractivity contribution < 1.29 is 4.79 Å². The van der Waals surface area contributed by atoms with E-state index in [9.17, 15) is 4.79 Å². The van der Waals surface area contributed by atoms with Gasteiger partial charge in [0.05, 0.1) is 0 Å². The van der Waals surface area contributed by atoms with E-state index >= 15 is 0 Å². The van der Waals surface area contributed by atoms with Crippen molar-refractivity contribution in [3.05, 3.63) is 0 Å². The highest BCUT2D eigenvalue weighted by Crippen LogP contribution is 2.30. The van der Waals surface area contributed by atoms with E-state index in [0.29, 0.717) is 12.0 Å². The van der Waals surface area contributed by atoms with Gasteiger partial charge < -0.3 is 16.0 Å². The minimum Gasteiger partial charge on any atom is -0.368 e. The van der Waals surface area contributed by atoms with Crippen LogP contribution in [0.5, 0.6) is 0 Å². The summed E-state index contributed by atoms with van der Waals surface area (Å²) >= 11 is 0. The molecule has 0 spiro atoms. The summed E-state index contributed by atoms with van der Waals surface area (Å²) in [6.45, 7) is 13.5. The molecule has 1 aliphatic heterocycles. The van der Waals surface area contributed by atoms with Crippen LogP contribution < -0.4 is 11.1 Å². The summed E-state index contributed by atoms with van der Waals surface area (Å²) in [5.41, 5.74) is 5.38. The van der Waals surface area contributed by atoms with Gasteiger partial charge in [-0.1, -0.05) is 13.8 Å². The molecule has 1 unspecified atom stereocenters. The zero-order valence-corrected chi connectivity index (χ0v) is 13.3. The molecule has 1 atom stereocenters. The second kappa shape index (κ2) is 6.23. The third-order valence-electron chi connectivity index (χ3n) is 4.12. The van der Waals surface area contributed by atoms with Crippen LogP contribution in [0.4, 0.5) is 0 Å². The van der Waals surface area contributed by atoms with Crippen molar-refractivity contribution >= 4 is 5.91 Å². The Labute approximate surface area is 118 Å². The molecule has 4 heteroatoms. The molecule has 3 N–H and O–H groups in total. The topological polar surface area (TPSA) is 58.4 Å². The van der Waals surface area contributed by atoms with Gasteiger partial charge in [-0.3, -0.25) is 4.79 Å². The van der Waals surface area contributed by atoms with E-state index in [-0.39, 0.29) is 11.9 Å². The van der Waals surface area contributed by atoms with Gasteiger partial charge in [-0.15, -0.1) is 0 Å². The number of nitrogens with zero attached hydrogens (tertiary/aromatic N) is 1. The lowest BCUT2D eigenvalue weighted by atomic mass is 9.85. The Balaban J connectivity index is 2.67. The Morgan fingerprint density at radius 1 is 1.37 bits per heavy atom. The first-order valence-electron chi connectivity index (χ1n) is 7.45. The van der Waals surface area contributed by atoms with Gasteiger partial charge in [0.2, 0.25) is 5.91 Å². The van der Waals surface area contributed by atoms with Crippen LogP contribution in [0.25, 0.3) is 0 Å². The first-order chi connectivity index (χ1) is 8.65. The van der Waals surface area contributed by atoms with Crippen molar-refractivity contribution in [1.29, 1.82) is 0 Å². The van der Waals surface area contributed by atoms with Crippen LogP contribution in [-0.2, 0) is 4.79 Å². The first-order valence-corrected chi connectivity index (χ1v) is 7.45. The summed E-state index contributed by atoms with van der Waals surface area (Å²) in [6.07, 6.45) is 3.64. The SMILES string of the molecule is CC(C)NC(C)(CN1CCCC(C)(C)CC1)C(N)=O. The minimum atomic E-state index is -0.636. The maximum atomic E-state index is 11.8. The predicted molar refractivity (Wildman–Crippen MR) is 79.9 cm³/mol. The summed E-state index contributed by atoms with van der Waals surface area (Å²) in [5.74, 6) is -0.260. The highest BCUT2D eigenvalue weighted by atomic mass is 16.1. The standard InChI is InChI=1S/C15H31N3O/c1-12(2)17-15(5,13(16)19)11-18-9-6-7-14(3,4)8-10-18/h12,17H,6-11H2,1-5H3,(H2,16,19). The van der Waals surface area contributed by atoms with Crippen LogP contribution in [0.1, 0.15) is 53.9 Å². The number of hydrogen-bond acceptors (Lipinski definition) is 3. The number of carbonyl (C=O) groups excluding carboxylic acids is 1. The second-order valence-corrected chi connectivity index (χ2v) is 7.29. The molecule has 0 aromatic rings. The largest absolute Gasteiger partial charge is 0.368 e. The van der Waals surface area contributed by atoms with E-state index in [1.165, 1.54) is 19.3 Å². The lowest BCUT2D eigenvalue weighted by Gasteiger charge is -2.35. The summed E-state index contributed by atoms with van der Waals surface area (Å²) in [7, 11) is 0. The lowest BCUT2D eigenvalue weighted by Crippen LogP contribution is -2.61. The molecule has 1 amide bonds. The van der Waals surface area contributed by atoms with E-state index < -0.39 is 5.54 Å². The number of amides is 1. The summed E-state index contributed by atoms with van der Waals surface area (Å²) in [4.78, 5) is 14.2. The van der Waals surface area contributed by atoms with Crippen molar-refractivity contribution in [2.45, 2.75) is 65.5 Å². The van der Waals surface area contributed by atoms with Crippen LogP contribution in [0.3, 0.4) is 0 Å². The monoisotopic (exact) mass is 269 g/mol. The number of nitrogens with two attached hydrogens (primary N) is 1. The second-order valence-electron chi connectivity index (χ2n) is 7.29. The molecule has 0 aromatic heterocycles. The fourth-order valence-corrected chi connectivity index (χ4v) is 2.92. The Kier molecular flexibility index (Phi) is 5.39. The molecule has 1 aliphatic rings. The quantitative estimate of drug-likeness (QED) is 0.799. The van der Waals surface area contributed by atoms with Crippen molar-refractivity contribution in [2.75, 3.05) is 19.6 Å². The average Bonchev–Trinajstić information content (AvgIpc) is 2.39. The van der Waals surface area contributed by atoms with E-state index in [4.69, 9.17) is 5.73 Å². The third-order valence-corrected chi connectivity index (χ3v) is 4.12. The van der Waals surface area contributed by atoms with E-state index in [1.54, 1.807) is 0 Å². The molecule has 0 bridgehead atoms. The fourth-order valence-electron chi connectivity index (χ4n) is 2.92. The number of likely N-dealkylation sites (tertiary alicyclic amines) is 1. The van der Waals surface area contributed by atoms with E-state index in [2.05, 4.69) is 24.1 Å². The summed E-state index contributed by atoms with van der Waals surface area (Å²) in [6, 6.07) is 0.251. The molecule has 0 radical (unpaired) electrons. The van der Waals surface area contributed by atoms with Gasteiger partial charge in [0.15, 0.2) is 0 Å². The maximum absolute atomic E-state index is 11.8. The molecular formula is C15H31N3O.